The number of ether oxygens (including phenoxy) is 1. The van der Waals surface area contributed by atoms with E-state index in [1.54, 1.807) is 18.2 Å². The number of amides is 1. The number of nitrogens with two attached hydrogens (primary N) is 1. The quantitative estimate of drug-likeness (QED) is 0.664. The summed E-state index contributed by atoms with van der Waals surface area (Å²) in [6.45, 7) is 1.35. The van der Waals surface area contributed by atoms with Crippen molar-refractivity contribution in [2.24, 2.45) is 5.73 Å². The van der Waals surface area contributed by atoms with E-state index < -0.39 is 16.9 Å². The average Bonchev–Trinajstić information content (AvgIpc) is 2.53. The van der Waals surface area contributed by atoms with Crippen LogP contribution in [0.2, 0.25) is 0 Å². The molecule has 1 aliphatic rings. The summed E-state index contributed by atoms with van der Waals surface area (Å²) in [6.07, 6.45) is -0.650. The number of nitro benzene ring substituents is 1. The van der Waals surface area contributed by atoms with E-state index in [1.165, 1.54) is 12.1 Å². The highest BCUT2D eigenvalue weighted by Crippen LogP contribution is 2.23. The van der Waals surface area contributed by atoms with Gasteiger partial charge in [0.1, 0.15) is 5.82 Å². The molecule has 3 rings (SSSR count). The Morgan fingerprint density at radius 1 is 1.41 bits per heavy atom. The third-order valence-corrected chi connectivity index (χ3v) is 3.58. The molecule has 22 heavy (non-hydrogen) atoms. The van der Waals surface area contributed by atoms with Crippen LogP contribution in [-0.4, -0.2) is 41.6 Å². The summed E-state index contributed by atoms with van der Waals surface area (Å²) in [7, 11) is 0. The molecule has 1 saturated heterocycles. The SMILES string of the molecule is NC(=O)C1CN(c2ccc3cc([N+](=O)[O-])ccc3n2)CCO1. The zero-order valence-electron chi connectivity index (χ0n) is 11.6. The van der Waals surface area contributed by atoms with Crippen LogP contribution in [0.3, 0.4) is 0 Å². The van der Waals surface area contributed by atoms with E-state index in [4.69, 9.17) is 10.5 Å². The molecule has 1 atom stereocenters. The molecule has 8 heteroatoms. The zero-order valence-corrected chi connectivity index (χ0v) is 11.6. The number of hydrogen-bond donors (Lipinski definition) is 1. The molecule has 2 heterocycles. The van der Waals surface area contributed by atoms with Crippen molar-refractivity contribution in [2.45, 2.75) is 6.10 Å². The summed E-state index contributed by atoms with van der Waals surface area (Å²) < 4.78 is 5.30. The van der Waals surface area contributed by atoms with Gasteiger partial charge in [0.05, 0.1) is 23.6 Å². The maximum absolute atomic E-state index is 11.2. The number of nitro groups is 1. The summed E-state index contributed by atoms with van der Waals surface area (Å²) in [4.78, 5) is 28.0. The highest BCUT2D eigenvalue weighted by Gasteiger charge is 2.25. The van der Waals surface area contributed by atoms with Crippen LogP contribution in [-0.2, 0) is 9.53 Å². The Morgan fingerprint density at radius 3 is 2.95 bits per heavy atom. The summed E-state index contributed by atoms with van der Waals surface area (Å²) in [5.74, 6) is 0.192. The zero-order chi connectivity index (χ0) is 15.7. The van der Waals surface area contributed by atoms with Crippen molar-refractivity contribution in [3.8, 4) is 0 Å². The first kappa shape index (κ1) is 14.2. The second-order valence-electron chi connectivity index (χ2n) is 5.01. The van der Waals surface area contributed by atoms with Gasteiger partial charge in [-0.15, -0.1) is 0 Å². The highest BCUT2D eigenvalue weighted by molar-refractivity contribution is 5.83. The van der Waals surface area contributed by atoms with Crippen molar-refractivity contribution in [1.29, 1.82) is 0 Å². The third-order valence-electron chi connectivity index (χ3n) is 3.58. The number of fused-ring (bicyclic) bond motifs is 1. The van der Waals surface area contributed by atoms with Crippen LogP contribution in [0, 0.1) is 10.1 Å². The number of primary amides is 1. The number of non-ortho nitro benzene ring substituents is 1. The van der Waals surface area contributed by atoms with E-state index in [-0.39, 0.29) is 5.69 Å². The first-order valence-electron chi connectivity index (χ1n) is 6.75. The minimum atomic E-state index is -0.650. The number of hydrogen-bond acceptors (Lipinski definition) is 6. The summed E-state index contributed by atoms with van der Waals surface area (Å²) in [5, 5.41) is 11.5. The van der Waals surface area contributed by atoms with E-state index in [0.29, 0.717) is 36.4 Å². The van der Waals surface area contributed by atoms with Gasteiger partial charge in [-0.25, -0.2) is 4.98 Å². The molecule has 114 valence electrons. The number of aromatic nitrogens is 1. The monoisotopic (exact) mass is 302 g/mol. The van der Waals surface area contributed by atoms with Crippen LogP contribution in [0.1, 0.15) is 0 Å². The Labute approximate surface area is 125 Å². The van der Waals surface area contributed by atoms with Crippen LogP contribution in [0.25, 0.3) is 10.9 Å². The Hall–Kier alpha value is -2.74. The molecule has 1 aliphatic heterocycles. The molecule has 1 unspecified atom stereocenters. The number of anilines is 1. The number of pyridine rings is 1. The molecule has 1 fully saturated rings. The molecule has 2 aromatic rings. The maximum atomic E-state index is 11.2. The highest BCUT2D eigenvalue weighted by atomic mass is 16.6. The van der Waals surface area contributed by atoms with Crippen LogP contribution in [0.5, 0.6) is 0 Å². The Bertz CT molecular complexity index is 749. The van der Waals surface area contributed by atoms with Crippen molar-refractivity contribution in [1.82, 2.24) is 4.98 Å². The van der Waals surface area contributed by atoms with Gasteiger partial charge >= 0.3 is 0 Å². The summed E-state index contributed by atoms with van der Waals surface area (Å²) in [5.41, 5.74) is 5.96. The van der Waals surface area contributed by atoms with Gasteiger partial charge in [-0.05, 0) is 18.2 Å². The lowest BCUT2D eigenvalue weighted by molar-refractivity contribution is -0.384. The van der Waals surface area contributed by atoms with Gasteiger partial charge in [0.15, 0.2) is 6.10 Å². The smallest absolute Gasteiger partial charge is 0.270 e. The molecule has 0 aliphatic carbocycles. The first-order chi connectivity index (χ1) is 10.5. The van der Waals surface area contributed by atoms with Crippen molar-refractivity contribution in [3.63, 3.8) is 0 Å². The number of carbonyl (C=O) groups is 1. The van der Waals surface area contributed by atoms with Crippen LogP contribution >= 0.6 is 0 Å². The van der Waals surface area contributed by atoms with E-state index in [1.807, 2.05) is 4.90 Å². The predicted molar refractivity (Wildman–Crippen MR) is 79.5 cm³/mol. The number of morpholine rings is 1. The topological polar surface area (TPSA) is 112 Å². The molecule has 0 radical (unpaired) electrons. The minimum absolute atomic E-state index is 0.0298. The lowest BCUT2D eigenvalue weighted by Gasteiger charge is -2.32. The Kier molecular flexibility index (Phi) is 3.60. The molecule has 2 N–H and O–H groups in total. The largest absolute Gasteiger partial charge is 0.367 e. The average molecular weight is 302 g/mol. The molecule has 1 aromatic heterocycles. The number of carbonyl (C=O) groups excluding carboxylic acids is 1. The lowest BCUT2D eigenvalue weighted by Crippen LogP contribution is -2.48. The maximum Gasteiger partial charge on any atom is 0.270 e. The Balaban J connectivity index is 1.90. The van der Waals surface area contributed by atoms with Crippen LogP contribution in [0.4, 0.5) is 11.5 Å². The van der Waals surface area contributed by atoms with Gasteiger partial charge in [-0.3, -0.25) is 14.9 Å². The van der Waals surface area contributed by atoms with Gasteiger partial charge < -0.3 is 15.4 Å². The predicted octanol–water partition coefficient (Wildman–Crippen LogP) is 0.833. The summed E-state index contributed by atoms with van der Waals surface area (Å²) >= 11 is 0. The Morgan fingerprint density at radius 2 is 2.23 bits per heavy atom. The lowest BCUT2D eigenvalue weighted by atomic mass is 10.2. The van der Waals surface area contributed by atoms with Crippen molar-refractivity contribution in [2.75, 3.05) is 24.6 Å². The fourth-order valence-electron chi connectivity index (χ4n) is 2.42. The second-order valence-corrected chi connectivity index (χ2v) is 5.01. The molecular formula is C14H14N4O4. The van der Waals surface area contributed by atoms with E-state index >= 15 is 0 Å². The molecule has 0 saturated carbocycles. The van der Waals surface area contributed by atoms with Crippen LogP contribution in [0.15, 0.2) is 30.3 Å². The first-order valence-corrected chi connectivity index (χ1v) is 6.75. The normalized spacial score (nSPS) is 18.4. The number of rotatable bonds is 3. The number of nitrogens with zero attached hydrogens (tertiary/aromatic N) is 3. The van der Waals surface area contributed by atoms with E-state index in [0.717, 1.165) is 0 Å². The van der Waals surface area contributed by atoms with Crippen molar-refractivity contribution < 1.29 is 14.5 Å². The molecule has 1 amide bonds. The fourth-order valence-corrected chi connectivity index (χ4v) is 2.42. The minimum Gasteiger partial charge on any atom is -0.367 e. The third kappa shape index (κ3) is 2.68. The van der Waals surface area contributed by atoms with E-state index in [2.05, 4.69) is 4.98 Å². The van der Waals surface area contributed by atoms with Crippen molar-refractivity contribution in [3.05, 3.63) is 40.4 Å². The fraction of sp³-hybridized carbons (Fsp3) is 0.286. The van der Waals surface area contributed by atoms with Gasteiger partial charge in [-0.1, -0.05) is 0 Å². The van der Waals surface area contributed by atoms with Gasteiger partial charge in [-0.2, -0.15) is 0 Å². The molecule has 8 nitrogen and oxygen atoms in total. The molecule has 0 spiro atoms. The van der Waals surface area contributed by atoms with E-state index in [9.17, 15) is 14.9 Å². The van der Waals surface area contributed by atoms with Crippen LogP contribution < -0.4 is 10.6 Å². The molecule has 0 bridgehead atoms. The number of benzene rings is 1. The van der Waals surface area contributed by atoms with Gasteiger partial charge in [0, 0.05) is 24.1 Å². The second kappa shape index (κ2) is 5.57. The summed E-state index contributed by atoms with van der Waals surface area (Å²) in [6, 6.07) is 8.07. The van der Waals surface area contributed by atoms with Crippen molar-refractivity contribution >= 4 is 28.3 Å². The molecular weight excluding hydrogens is 288 g/mol. The van der Waals surface area contributed by atoms with Gasteiger partial charge in [0.25, 0.3) is 5.69 Å². The molecule has 1 aromatic carbocycles. The standard InChI is InChI=1S/C14H14N4O4/c15-14(19)12-8-17(5-6-22-12)13-4-1-9-7-10(18(20)21)2-3-11(9)16-13/h1-4,7,12H,5-6,8H2,(H2,15,19). The van der Waals surface area contributed by atoms with Gasteiger partial charge in [0.2, 0.25) is 5.91 Å².